The minimum absolute atomic E-state index is 0. The van der Waals surface area contributed by atoms with Crippen molar-refractivity contribution >= 4 is 29.4 Å². The Balaban J connectivity index is 0.00000196. The van der Waals surface area contributed by atoms with E-state index in [9.17, 15) is 18.0 Å². The second-order valence-electron chi connectivity index (χ2n) is 5.94. The van der Waals surface area contributed by atoms with E-state index in [1.54, 1.807) is 4.52 Å². The first-order valence-corrected chi connectivity index (χ1v) is 8.66. The van der Waals surface area contributed by atoms with Gasteiger partial charge in [-0.3, -0.25) is 4.79 Å². The van der Waals surface area contributed by atoms with E-state index in [-0.39, 0.29) is 28.9 Å². The van der Waals surface area contributed by atoms with E-state index in [0.717, 1.165) is 48.3 Å². The molecule has 0 unspecified atom stereocenters. The van der Waals surface area contributed by atoms with Gasteiger partial charge in [0.1, 0.15) is 10.7 Å². The highest BCUT2D eigenvalue weighted by atomic mass is 35.5. The summed E-state index contributed by atoms with van der Waals surface area (Å²) >= 11 is 0.880. The van der Waals surface area contributed by atoms with Crippen LogP contribution in [0.1, 0.15) is 30.1 Å². The van der Waals surface area contributed by atoms with Crippen molar-refractivity contribution in [3.8, 4) is 10.6 Å². The molecule has 0 amide bonds. The number of H-pyrrole nitrogens is 1. The summed E-state index contributed by atoms with van der Waals surface area (Å²) in [7, 11) is 0. The van der Waals surface area contributed by atoms with Gasteiger partial charge < -0.3 is 10.3 Å². The molecule has 140 valence electrons. The Hall–Kier alpha value is -1.91. The zero-order valence-electron chi connectivity index (χ0n) is 13.3. The molecule has 0 atom stereocenters. The van der Waals surface area contributed by atoms with Gasteiger partial charge >= 0.3 is 6.18 Å². The molecule has 1 fully saturated rings. The fraction of sp³-hybridized carbons (Fsp3) is 0.400. The standard InChI is InChI=1S/C15H14F3N5OS.ClH/c16-15(17,18)11-7-25-14(21-11)9-6-20-23-10(5-12(24)22-13(9)23)8-1-3-19-4-2-8;/h5-8,19H,1-4H2,(H,22,24);1H. The summed E-state index contributed by atoms with van der Waals surface area (Å²) in [5.74, 6) is 0.181. The molecular formula is C15H15ClF3N5OS. The van der Waals surface area contributed by atoms with Crippen LogP contribution in [0, 0.1) is 0 Å². The predicted octanol–water partition coefficient (Wildman–Crippen LogP) is 3.05. The molecule has 0 radical (unpaired) electrons. The first-order valence-electron chi connectivity index (χ1n) is 7.78. The number of nitrogens with zero attached hydrogens (tertiary/aromatic N) is 3. The van der Waals surface area contributed by atoms with Crippen molar-refractivity contribution in [2.45, 2.75) is 24.9 Å². The fourth-order valence-electron chi connectivity index (χ4n) is 3.11. The summed E-state index contributed by atoms with van der Waals surface area (Å²) in [6.45, 7) is 1.71. The fourth-order valence-corrected chi connectivity index (χ4v) is 3.94. The molecule has 11 heteroatoms. The average Bonchev–Trinajstić information content (AvgIpc) is 3.21. The molecule has 4 rings (SSSR count). The third kappa shape index (κ3) is 3.36. The third-order valence-electron chi connectivity index (χ3n) is 4.32. The lowest BCUT2D eigenvalue weighted by molar-refractivity contribution is -0.140. The Morgan fingerprint density at radius 1 is 1.27 bits per heavy atom. The van der Waals surface area contributed by atoms with Gasteiger partial charge in [-0.25, -0.2) is 9.50 Å². The van der Waals surface area contributed by atoms with E-state index >= 15 is 0 Å². The molecule has 0 spiro atoms. The van der Waals surface area contributed by atoms with Crippen molar-refractivity contribution in [2.24, 2.45) is 0 Å². The summed E-state index contributed by atoms with van der Waals surface area (Å²) in [6.07, 6.45) is -1.29. The minimum Gasteiger partial charge on any atom is -0.317 e. The highest BCUT2D eigenvalue weighted by molar-refractivity contribution is 7.13. The first-order chi connectivity index (χ1) is 11.9. The molecule has 0 aliphatic carbocycles. The highest BCUT2D eigenvalue weighted by Gasteiger charge is 2.34. The number of aromatic amines is 1. The van der Waals surface area contributed by atoms with Gasteiger partial charge in [-0.1, -0.05) is 0 Å². The van der Waals surface area contributed by atoms with Crippen LogP contribution in [-0.4, -0.2) is 32.7 Å². The number of rotatable bonds is 2. The number of aromatic nitrogens is 4. The lowest BCUT2D eigenvalue weighted by Crippen LogP contribution is -2.28. The summed E-state index contributed by atoms with van der Waals surface area (Å²) < 4.78 is 40.0. The molecule has 1 saturated heterocycles. The van der Waals surface area contributed by atoms with Gasteiger partial charge in [0.15, 0.2) is 5.69 Å². The average molecular weight is 406 g/mol. The van der Waals surface area contributed by atoms with Crippen LogP contribution >= 0.6 is 23.7 Å². The molecular weight excluding hydrogens is 391 g/mol. The maximum atomic E-state index is 12.8. The van der Waals surface area contributed by atoms with Crippen LogP contribution in [-0.2, 0) is 6.18 Å². The quantitative estimate of drug-likeness (QED) is 0.687. The van der Waals surface area contributed by atoms with Crippen LogP contribution in [0.2, 0.25) is 0 Å². The van der Waals surface area contributed by atoms with Crippen LogP contribution in [0.3, 0.4) is 0 Å². The number of alkyl halides is 3. The lowest BCUT2D eigenvalue weighted by atomic mass is 9.94. The third-order valence-corrected chi connectivity index (χ3v) is 5.19. The molecule has 6 nitrogen and oxygen atoms in total. The van der Waals surface area contributed by atoms with Crippen molar-refractivity contribution < 1.29 is 13.2 Å². The van der Waals surface area contributed by atoms with Gasteiger partial charge in [-0.15, -0.1) is 23.7 Å². The van der Waals surface area contributed by atoms with E-state index < -0.39 is 11.9 Å². The Kier molecular flexibility index (Phi) is 5.09. The molecule has 2 N–H and O–H groups in total. The van der Waals surface area contributed by atoms with E-state index in [0.29, 0.717) is 11.2 Å². The summed E-state index contributed by atoms with van der Waals surface area (Å²) in [5, 5.41) is 8.71. The molecule has 4 heterocycles. The van der Waals surface area contributed by atoms with Crippen LogP contribution in [0.15, 0.2) is 22.4 Å². The maximum Gasteiger partial charge on any atom is 0.434 e. The van der Waals surface area contributed by atoms with Crippen LogP contribution < -0.4 is 10.9 Å². The Labute approximate surface area is 155 Å². The van der Waals surface area contributed by atoms with E-state index in [1.165, 1.54) is 12.3 Å². The number of thiazole rings is 1. The van der Waals surface area contributed by atoms with Crippen molar-refractivity contribution in [2.75, 3.05) is 13.1 Å². The number of piperidine rings is 1. The Morgan fingerprint density at radius 2 is 2.00 bits per heavy atom. The van der Waals surface area contributed by atoms with Gasteiger partial charge in [0.05, 0.1) is 17.5 Å². The zero-order chi connectivity index (χ0) is 17.6. The Morgan fingerprint density at radius 3 is 2.65 bits per heavy atom. The van der Waals surface area contributed by atoms with Crippen LogP contribution in [0.25, 0.3) is 16.2 Å². The Bertz CT molecular complexity index is 974. The topological polar surface area (TPSA) is 75.1 Å². The number of hydrogen-bond donors (Lipinski definition) is 2. The molecule has 1 aliphatic heterocycles. The van der Waals surface area contributed by atoms with Crippen molar-refractivity contribution in [3.05, 3.63) is 39.4 Å². The van der Waals surface area contributed by atoms with E-state index in [4.69, 9.17) is 0 Å². The largest absolute Gasteiger partial charge is 0.434 e. The monoisotopic (exact) mass is 405 g/mol. The van der Waals surface area contributed by atoms with Gasteiger partial charge in [0, 0.05) is 17.4 Å². The SMILES string of the molecule is Cl.O=c1cc(C2CCNCC2)n2ncc(-c3nc(C(F)(F)F)cs3)c2[nH]1. The minimum atomic E-state index is -4.49. The smallest absolute Gasteiger partial charge is 0.317 e. The predicted molar refractivity (Wildman–Crippen MR) is 94.0 cm³/mol. The number of fused-ring (bicyclic) bond motifs is 1. The van der Waals surface area contributed by atoms with Crippen LogP contribution in [0.5, 0.6) is 0 Å². The van der Waals surface area contributed by atoms with Crippen molar-refractivity contribution in [1.82, 2.24) is 24.9 Å². The lowest BCUT2D eigenvalue weighted by Gasteiger charge is -2.23. The molecule has 0 bridgehead atoms. The number of halogens is 4. The molecule has 26 heavy (non-hydrogen) atoms. The zero-order valence-corrected chi connectivity index (χ0v) is 15.0. The van der Waals surface area contributed by atoms with Crippen LogP contribution in [0.4, 0.5) is 13.2 Å². The van der Waals surface area contributed by atoms with Crippen molar-refractivity contribution in [3.63, 3.8) is 0 Å². The molecule has 3 aromatic heterocycles. The molecule has 0 saturated carbocycles. The summed E-state index contributed by atoms with van der Waals surface area (Å²) in [5.41, 5.74) is 0.315. The molecule has 3 aromatic rings. The normalized spacial score (nSPS) is 16.0. The summed E-state index contributed by atoms with van der Waals surface area (Å²) in [4.78, 5) is 18.4. The summed E-state index contributed by atoms with van der Waals surface area (Å²) in [6, 6.07) is 1.52. The van der Waals surface area contributed by atoms with Gasteiger partial charge in [-0.05, 0) is 25.9 Å². The van der Waals surface area contributed by atoms with Gasteiger partial charge in [-0.2, -0.15) is 18.3 Å². The highest BCUT2D eigenvalue weighted by Crippen LogP contribution is 2.35. The molecule has 1 aliphatic rings. The van der Waals surface area contributed by atoms with Gasteiger partial charge in [0.2, 0.25) is 0 Å². The molecule has 0 aromatic carbocycles. The second kappa shape index (κ2) is 7.01. The van der Waals surface area contributed by atoms with E-state index in [2.05, 4.69) is 20.4 Å². The van der Waals surface area contributed by atoms with Gasteiger partial charge in [0.25, 0.3) is 5.56 Å². The first kappa shape index (κ1) is 18.9. The van der Waals surface area contributed by atoms with E-state index in [1.807, 2.05) is 0 Å². The number of hydrogen-bond acceptors (Lipinski definition) is 5. The van der Waals surface area contributed by atoms with Crippen molar-refractivity contribution in [1.29, 1.82) is 0 Å². The second-order valence-corrected chi connectivity index (χ2v) is 6.80. The maximum absolute atomic E-state index is 12.8. The number of nitrogens with one attached hydrogen (secondary N) is 2.